The van der Waals surface area contributed by atoms with Crippen LogP contribution < -0.4 is 9.47 Å². The van der Waals surface area contributed by atoms with E-state index in [1.165, 1.54) is 13.8 Å². The maximum absolute atomic E-state index is 13.3. The molecule has 0 aliphatic heterocycles. The fraction of sp³-hybridized carbons (Fsp3) is 0.188. The molecule has 4 rings (SSSR count). The minimum absolute atomic E-state index is 0.147. The molecular formula is C32H28O6. The lowest BCUT2D eigenvalue weighted by atomic mass is 9.94. The van der Waals surface area contributed by atoms with Crippen molar-refractivity contribution in [2.75, 3.05) is 0 Å². The van der Waals surface area contributed by atoms with Crippen molar-refractivity contribution < 1.29 is 28.7 Å². The normalized spacial score (nSPS) is 10.8. The number of rotatable bonds is 6. The fourth-order valence-electron chi connectivity index (χ4n) is 4.63. The summed E-state index contributed by atoms with van der Waals surface area (Å²) in [7, 11) is 0. The molecule has 0 bridgehead atoms. The van der Waals surface area contributed by atoms with Gasteiger partial charge in [0.15, 0.2) is 11.6 Å². The van der Waals surface area contributed by atoms with Crippen molar-refractivity contribution in [2.45, 2.75) is 41.5 Å². The smallest absolute Gasteiger partial charge is 0.308 e. The van der Waals surface area contributed by atoms with E-state index in [0.717, 1.165) is 10.8 Å². The lowest BCUT2D eigenvalue weighted by Crippen LogP contribution is -2.08. The molecule has 192 valence electrons. The number of aryl methyl sites for hydroxylation is 4. The second-order valence-electron chi connectivity index (χ2n) is 9.50. The van der Waals surface area contributed by atoms with Crippen LogP contribution in [0.25, 0.3) is 10.8 Å². The molecule has 0 saturated heterocycles. The first kappa shape index (κ1) is 26.5. The zero-order valence-electron chi connectivity index (χ0n) is 22.2. The van der Waals surface area contributed by atoms with Crippen molar-refractivity contribution in [1.82, 2.24) is 0 Å². The SMILES string of the molecule is CC(=O)Oc1c(C)cc(C(=O)c2ccc3cc(C(=O)c4cc(C)c(OC(C)=O)c(C)c4)ccc3c2)cc1C. The second kappa shape index (κ2) is 10.4. The average molecular weight is 509 g/mol. The number of ketones is 2. The molecule has 0 heterocycles. The Morgan fingerprint density at radius 2 is 0.789 bits per heavy atom. The van der Waals surface area contributed by atoms with Gasteiger partial charge in [-0.3, -0.25) is 19.2 Å². The Hall–Kier alpha value is -4.58. The van der Waals surface area contributed by atoms with Crippen molar-refractivity contribution in [1.29, 1.82) is 0 Å². The van der Waals surface area contributed by atoms with Crippen LogP contribution in [0.2, 0.25) is 0 Å². The highest BCUT2D eigenvalue weighted by Crippen LogP contribution is 2.29. The van der Waals surface area contributed by atoms with Crippen LogP contribution in [0.1, 0.15) is 67.9 Å². The topological polar surface area (TPSA) is 86.7 Å². The molecule has 0 amide bonds. The van der Waals surface area contributed by atoms with E-state index in [1.54, 1.807) is 76.2 Å². The number of hydrogen-bond acceptors (Lipinski definition) is 6. The molecule has 0 radical (unpaired) electrons. The molecule has 0 unspecified atom stereocenters. The van der Waals surface area contributed by atoms with Crippen molar-refractivity contribution in [3.05, 3.63) is 105 Å². The largest absolute Gasteiger partial charge is 0.426 e. The fourth-order valence-corrected chi connectivity index (χ4v) is 4.63. The van der Waals surface area contributed by atoms with Gasteiger partial charge in [-0.25, -0.2) is 0 Å². The van der Waals surface area contributed by atoms with Gasteiger partial charge >= 0.3 is 11.9 Å². The van der Waals surface area contributed by atoms with E-state index < -0.39 is 11.9 Å². The Bertz CT molecular complexity index is 1470. The molecule has 0 atom stereocenters. The summed E-state index contributed by atoms with van der Waals surface area (Å²) in [5.74, 6) is -0.177. The van der Waals surface area contributed by atoms with E-state index >= 15 is 0 Å². The highest BCUT2D eigenvalue weighted by Gasteiger charge is 2.17. The van der Waals surface area contributed by atoms with Crippen LogP contribution in [0.15, 0.2) is 60.7 Å². The van der Waals surface area contributed by atoms with Crippen LogP contribution in [0.4, 0.5) is 0 Å². The van der Waals surface area contributed by atoms with Gasteiger partial charge in [0.1, 0.15) is 11.5 Å². The van der Waals surface area contributed by atoms with Crippen molar-refractivity contribution in [3.63, 3.8) is 0 Å². The first-order valence-corrected chi connectivity index (χ1v) is 12.2. The maximum atomic E-state index is 13.3. The van der Waals surface area contributed by atoms with Crippen LogP contribution >= 0.6 is 0 Å². The lowest BCUT2D eigenvalue weighted by Gasteiger charge is -2.12. The number of hydrogen-bond donors (Lipinski definition) is 0. The van der Waals surface area contributed by atoms with Gasteiger partial charge in [0.2, 0.25) is 0 Å². The summed E-state index contributed by atoms with van der Waals surface area (Å²) < 4.78 is 10.5. The third-order valence-electron chi connectivity index (χ3n) is 6.30. The Balaban J connectivity index is 1.63. The minimum atomic E-state index is -0.410. The van der Waals surface area contributed by atoms with E-state index in [-0.39, 0.29) is 11.6 Å². The first-order valence-electron chi connectivity index (χ1n) is 12.2. The van der Waals surface area contributed by atoms with Crippen LogP contribution in [-0.4, -0.2) is 23.5 Å². The van der Waals surface area contributed by atoms with E-state index in [0.29, 0.717) is 56.0 Å². The van der Waals surface area contributed by atoms with Gasteiger partial charge in [0.05, 0.1) is 0 Å². The van der Waals surface area contributed by atoms with Crippen LogP contribution in [0.5, 0.6) is 11.5 Å². The zero-order valence-corrected chi connectivity index (χ0v) is 22.2. The van der Waals surface area contributed by atoms with Crippen LogP contribution in [-0.2, 0) is 9.59 Å². The summed E-state index contributed by atoms with van der Waals surface area (Å²) in [6, 6.07) is 17.6. The number of benzene rings is 4. The Labute approximate surface area is 221 Å². The molecular weight excluding hydrogens is 480 g/mol. The van der Waals surface area contributed by atoms with E-state index in [1.807, 2.05) is 12.1 Å². The van der Waals surface area contributed by atoms with E-state index in [4.69, 9.17) is 9.47 Å². The summed E-state index contributed by atoms with van der Waals surface area (Å²) in [4.78, 5) is 49.3. The third kappa shape index (κ3) is 5.39. The molecule has 0 aliphatic carbocycles. The van der Waals surface area contributed by atoms with E-state index in [9.17, 15) is 19.2 Å². The average Bonchev–Trinajstić information content (AvgIpc) is 2.86. The molecule has 0 N–H and O–H groups in total. The molecule has 4 aromatic rings. The summed E-state index contributed by atoms with van der Waals surface area (Å²) >= 11 is 0. The Kier molecular flexibility index (Phi) is 7.26. The molecule has 6 heteroatoms. The monoisotopic (exact) mass is 508 g/mol. The zero-order chi connectivity index (χ0) is 27.7. The highest BCUT2D eigenvalue weighted by atomic mass is 16.5. The van der Waals surface area contributed by atoms with Crippen molar-refractivity contribution in [2.24, 2.45) is 0 Å². The van der Waals surface area contributed by atoms with Gasteiger partial charge in [-0.1, -0.05) is 24.3 Å². The molecule has 0 aliphatic rings. The van der Waals surface area contributed by atoms with Gasteiger partial charge in [0, 0.05) is 36.1 Å². The van der Waals surface area contributed by atoms with Gasteiger partial charge in [-0.05, 0) is 97.1 Å². The van der Waals surface area contributed by atoms with Gasteiger partial charge in [-0.15, -0.1) is 0 Å². The molecule has 38 heavy (non-hydrogen) atoms. The predicted octanol–water partition coefficient (Wildman–Crippen LogP) is 6.39. The number of carbonyl (C=O) groups excluding carboxylic acids is 4. The summed E-state index contributed by atoms with van der Waals surface area (Å²) in [6.45, 7) is 9.88. The summed E-state index contributed by atoms with van der Waals surface area (Å²) in [5.41, 5.74) is 4.87. The number of esters is 2. The molecule has 0 spiro atoms. The first-order chi connectivity index (χ1) is 17.9. The second-order valence-corrected chi connectivity index (χ2v) is 9.50. The molecule has 6 nitrogen and oxygen atoms in total. The molecule has 0 fully saturated rings. The number of ether oxygens (including phenoxy) is 2. The molecule has 0 saturated carbocycles. The quantitative estimate of drug-likeness (QED) is 0.170. The number of fused-ring (bicyclic) bond motifs is 1. The molecule has 4 aromatic carbocycles. The Morgan fingerprint density at radius 3 is 1.08 bits per heavy atom. The standard InChI is InChI=1S/C32H28O6/c1-17-11-27(12-18(2)31(17)37-21(5)33)29(35)25-9-7-24-16-26(10-8-23(24)15-25)30(36)28-13-19(3)32(20(4)14-28)38-22(6)34/h7-16H,1-6H3. The lowest BCUT2D eigenvalue weighted by molar-refractivity contribution is -0.132. The number of carbonyl (C=O) groups is 4. The summed E-state index contributed by atoms with van der Waals surface area (Å²) in [5, 5.41) is 1.66. The van der Waals surface area contributed by atoms with Gasteiger partial charge in [-0.2, -0.15) is 0 Å². The summed E-state index contributed by atoms with van der Waals surface area (Å²) in [6.07, 6.45) is 0. The van der Waals surface area contributed by atoms with Crippen LogP contribution in [0, 0.1) is 27.7 Å². The van der Waals surface area contributed by atoms with Crippen LogP contribution in [0.3, 0.4) is 0 Å². The predicted molar refractivity (Wildman–Crippen MR) is 145 cm³/mol. The maximum Gasteiger partial charge on any atom is 0.308 e. The van der Waals surface area contributed by atoms with Gasteiger partial charge in [0.25, 0.3) is 0 Å². The minimum Gasteiger partial charge on any atom is -0.426 e. The third-order valence-corrected chi connectivity index (χ3v) is 6.30. The Morgan fingerprint density at radius 1 is 0.474 bits per heavy atom. The highest BCUT2D eigenvalue weighted by molar-refractivity contribution is 6.13. The molecule has 0 aromatic heterocycles. The van der Waals surface area contributed by atoms with Crippen molar-refractivity contribution in [3.8, 4) is 11.5 Å². The van der Waals surface area contributed by atoms with Gasteiger partial charge < -0.3 is 9.47 Å². The van der Waals surface area contributed by atoms with Crippen molar-refractivity contribution >= 4 is 34.3 Å². The van der Waals surface area contributed by atoms with E-state index in [2.05, 4.69) is 0 Å².